The number of piperidine rings is 1. The summed E-state index contributed by atoms with van der Waals surface area (Å²) < 4.78 is 5.52. The Hall–Kier alpha value is -7.57. The quantitative estimate of drug-likeness (QED) is 0.0632. The molecule has 0 aromatic heterocycles. The van der Waals surface area contributed by atoms with E-state index in [4.69, 9.17) is 16.2 Å². The van der Waals surface area contributed by atoms with Crippen molar-refractivity contribution in [2.24, 2.45) is 17.4 Å². The number of aryl methyl sites for hydroxylation is 1. The number of anilines is 3. The van der Waals surface area contributed by atoms with E-state index in [2.05, 4.69) is 96.7 Å². The van der Waals surface area contributed by atoms with E-state index in [-0.39, 0.29) is 80.1 Å². The number of halogens is 2. The van der Waals surface area contributed by atoms with Gasteiger partial charge >= 0.3 is 0 Å². The number of ether oxygens (including phenoxy) is 1. The van der Waals surface area contributed by atoms with Crippen molar-refractivity contribution in [3.05, 3.63) is 113 Å². The van der Waals surface area contributed by atoms with E-state index >= 15 is 0 Å². The largest absolute Gasteiger partial charge is 0.504 e. The highest BCUT2D eigenvalue weighted by molar-refractivity contribution is 6.00. The smallest absolute Gasteiger partial charge is 0.251 e. The van der Waals surface area contributed by atoms with Gasteiger partial charge in [-0.25, -0.2) is 0 Å². The number of piperazine rings is 1. The molecular formula is C66H92Cl2N12O15. The number of rotatable bonds is 16. The first-order chi connectivity index (χ1) is 44.5. The number of benzene rings is 4. The van der Waals surface area contributed by atoms with Crippen LogP contribution in [0.4, 0.5) is 17.1 Å². The third-order valence-corrected chi connectivity index (χ3v) is 18.4. The van der Waals surface area contributed by atoms with Gasteiger partial charge in [0.1, 0.15) is 42.9 Å². The van der Waals surface area contributed by atoms with Gasteiger partial charge in [-0.05, 0) is 117 Å². The number of aromatic hydroxyl groups is 1. The molecule has 27 nitrogen and oxygen atoms in total. The number of carbonyl (C=O) groups excluding carboxylic acids is 7. The van der Waals surface area contributed by atoms with Gasteiger partial charge in [0.15, 0.2) is 11.5 Å². The Balaban J connectivity index is 0.00000638. The Bertz CT molecular complexity index is 3250. The molecule has 5 aliphatic rings. The molecule has 5 fully saturated rings. The molecule has 5 saturated heterocycles. The van der Waals surface area contributed by atoms with Gasteiger partial charge < -0.3 is 103 Å². The first-order valence-corrected chi connectivity index (χ1v) is 32.1. The number of aliphatic hydroxyl groups excluding tert-OH is 6. The molecule has 5 heterocycles. The lowest BCUT2D eigenvalue weighted by atomic mass is 9.89. The maximum Gasteiger partial charge on any atom is 0.251 e. The molecule has 0 radical (unpaired) electrons. The van der Waals surface area contributed by atoms with Crippen molar-refractivity contribution in [1.82, 2.24) is 36.4 Å². The maximum absolute atomic E-state index is 14.7. The molecule has 4 aromatic carbocycles. The summed E-state index contributed by atoms with van der Waals surface area (Å²) in [5.74, 6) is -7.91. The minimum Gasteiger partial charge on any atom is -0.504 e. The van der Waals surface area contributed by atoms with Crippen molar-refractivity contribution >= 4 is 83.2 Å². The van der Waals surface area contributed by atoms with Gasteiger partial charge in [0, 0.05) is 113 Å². The van der Waals surface area contributed by atoms with E-state index in [1.165, 1.54) is 41.9 Å². The molecule has 95 heavy (non-hydrogen) atoms. The molecule has 0 aliphatic carbocycles. The second kappa shape index (κ2) is 33.9. The number of hydrogen-bond acceptors (Lipinski definition) is 20. The van der Waals surface area contributed by atoms with Crippen molar-refractivity contribution in [3.8, 4) is 11.5 Å². The molecule has 5 aliphatic heterocycles. The third kappa shape index (κ3) is 18.3. The van der Waals surface area contributed by atoms with E-state index in [0.717, 1.165) is 60.2 Å². The fraction of sp³-hybridized carbons (Fsp3) is 0.530. The number of β-amino-alcohol motifs (C(OH)–C–C–N with tert-alkyl or cyclic N) is 1. The molecule has 0 saturated carbocycles. The maximum atomic E-state index is 14.7. The predicted molar refractivity (Wildman–Crippen MR) is 358 cm³/mol. The Morgan fingerprint density at radius 1 is 0.653 bits per heavy atom. The first-order valence-electron chi connectivity index (χ1n) is 32.1. The normalized spacial score (nSPS) is 26.2. The van der Waals surface area contributed by atoms with Crippen molar-refractivity contribution < 1.29 is 74.0 Å². The number of fused-ring (bicyclic) bond motifs is 2. The molecule has 16 N–H and O–H groups in total. The van der Waals surface area contributed by atoms with Gasteiger partial charge in [0.05, 0.1) is 36.6 Å². The zero-order valence-electron chi connectivity index (χ0n) is 53.6. The van der Waals surface area contributed by atoms with Crippen LogP contribution in [-0.4, -0.2) is 238 Å². The number of hydrogen-bond donors (Lipinski definition) is 14. The Kier molecular flexibility index (Phi) is 26.7. The summed E-state index contributed by atoms with van der Waals surface area (Å²) in [4.78, 5) is 110. The van der Waals surface area contributed by atoms with E-state index < -0.39 is 152 Å². The number of aliphatic hydroxyl groups is 6. The molecule has 0 unspecified atom stereocenters. The van der Waals surface area contributed by atoms with Crippen molar-refractivity contribution in [2.45, 2.75) is 138 Å². The minimum absolute atomic E-state index is 0. The number of carbonyl (C=O) groups is 7. The average Bonchev–Trinajstić information content (AvgIpc) is 1.70. The molecule has 4 aromatic rings. The van der Waals surface area contributed by atoms with Crippen molar-refractivity contribution in [3.63, 3.8) is 0 Å². The van der Waals surface area contributed by atoms with Gasteiger partial charge in [0.25, 0.3) is 5.91 Å². The lowest BCUT2D eigenvalue weighted by Crippen LogP contribution is -2.64. The fourth-order valence-corrected chi connectivity index (χ4v) is 13.1. The fourth-order valence-electron chi connectivity index (χ4n) is 13.1. The second-order valence-corrected chi connectivity index (χ2v) is 25.2. The number of phenolic OH excluding ortho intramolecular Hbond substituents is 1. The Morgan fingerprint density at radius 3 is 1.81 bits per heavy atom. The average molecular weight is 1360 g/mol. The Morgan fingerprint density at radius 2 is 1.22 bits per heavy atom. The van der Waals surface area contributed by atoms with Gasteiger partial charge in [-0.1, -0.05) is 42.8 Å². The van der Waals surface area contributed by atoms with Crippen LogP contribution in [0.15, 0.2) is 91.0 Å². The number of nitrogens with one attached hydrogen (secondary N) is 5. The highest BCUT2D eigenvalue weighted by Crippen LogP contribution is 2.33. The van der Waals surface area contributed by atoms with Gasteiger partial charge in [-0.15, -0.1) is 24.8 Å². The van der Waals surface area contributed by atoms with Crippen LogP contribution in [-0.2, 0) is 35.2 Å². The lowest BCUT2D eigenvalue weighted by molar-refractivity contribution is -0.147. The number of phenols is 1. The molecule has 0 spiro atoms. The molecule has 520 valence electrons. The second-order valence-electron chi connectivity index (χ2n) is 25.2. The van der Waals surface area contributed by atoms with E-state index in [9.17, 15) is 69.3 Å². The predicted octanol–water partition coefficient (Wildman–Crippen LogP) is -1.11. The molecule has 7 amide bonds. The van der Waals surface area contributed by atoms with E-state index in [1.807, 2.05) is 0 Å². The molecule has 9 rings (SSSR count). The van der Waals surface area contributed by atoms with E-state index in [0.29, 0.717) is 19.0 Å². The highest BCUT2D eigenvalue weighted by Gasteiger charge is 2.50. The molecule has 29 heteroatoms. The Labute approximate surface area is 564 Å². The summed E-state index contributed by atoms with van der Waals surface area (Å²) in [5.41, 5.74) is 17.6. The van der Waals surface area contributed by atoms with Crippen LogP contribution in [0, 0.1) is 12.8 Å². The third-order valence-electron chi connectivity index (χ3n) is 18.4. The van der Waals surface area contributed by atoms with Crippen LogP contribution in [0.3, 0.4) is 0 Å². The molecule has 13 atom stereocenters. The van der Waals surface area contributed by atoms with Crippen LogP contribution in [0.25, 0.3) is 0 Å². The highest BCUT2D eigenvalue weighted by atomic mass is 35.5. The monoisotopic (exact) mass is 1360 g/mol. The lowest BCUT2D eigenvalue weighted by Gasteiger charge is -2.38. The van der Waals surface area contributed by atoms with Crippen LogP contribution >= 0.6 is 24.8 Å². The van der Waals surface area contributed by atoms with Crippen molar-refractivity contribution in [1.29, 1.82) is 0 Å². The first kappa shape index (κ1) is 74.8. The van der Waals surface area contributed by atoms with Gasteiger partial charge in [-0.2, -0.15) is 0 Å². The minimum atomic E-state index is -2.03. The number of nitrogens with zero attached hydrogens (tertiary/aromatic N) is 5. The SMILES string of the molecule is Cc1ccc(C2CCN(c3ccc(N4CCN(c5ccc(C(=O)N[C@H]6C[C@@H](O)CNC(=O)[C@@H]7[C@@H](O)[C@@H](C)CN7C(=O)[C@H]([C@H](O)CCN)NC(=O)[C@H]([C@H](O)Cc7ccc(O)c(OCCN)c7)NC(=O)[C@@H]7C[C@@H](O)CN7C(=O)[C@H]([C@@H](C)O)NC6=O)cc5)CC4)cc3)CC2)cc1.Cl.Cl. The topological polar surface area (TPSA) is 399 Å². The van der Waals surface area contributed by atoms with Crippen LogP contribution in [0.1, 0.15) is 78.9 Å². The number of nitrogens with two attached hydrogens (primary N) is 2. The summed E-state index contributed by atoms with van der Waals surface area (Å²) >= 11 is 0. The van der Waals surface area contributed by atoms with Crippen molar-refractivity contribution in [2.75, 3.05) is 93.3 Å². The molecular weight excluding hydrogens is 1270 g/mol. The van der Waals surface area contributed by atoms with E-state index in [1.54, 1.807) is 31.2 Å². The number of amides is 7. The van der Waals surface area contributed by atoms with Crippen LogP contribution < -0.4 is 57.5 Å². The van der Waals surface area contributed by atoms with Gasteiger partial charge in [-0.3, -0.25) is 33.6 Å². The zero-order valence-corrected chi connectivity index (χ0v) is 55.2. The standard InChI is InChI=1S/C66H90N12O15.2ClH/c1-37-4-7-41(8-5-37)42-19-23-74(24-20-42)45-13-15-46(16-14-45)76-27-25-75(26-28-76)44-11-9-43(10-12-44)60(86)70-49-32-47(80)34-69-64(90)58-59(85)38(2)35-78(58)66(92)57(52(83)18-21-67)73-63(89)56(53(84)30-40-6-17-51(82)54(31-40)93-29-22-68)72-62(88)50-33-48(81)36-77(50)65(91)55(39(3)79)71-61(49)87;;/h4-17,31,38-39,42,47-50,52-53,55-59,79-85H,18-30,32-36,67-68H2,1-3H3,(H,69,90)(H,70,86)(H,71,87)(H,72,88)(H,73,89);2*1H/t38-,39+,47+,48+,49-,50-,52+,53+,55-,56-,57-,58-,59-;;/m0../s1. The van der Waals surface area contributed by atoms with Crippen LogP contribution in [0.5, 0.6) is 11.5 Å². The summed E-state index contributed by atoms with van der Waals surface area (Å²) in [6.45, 7) is 8.10. The zero-order chi connectivity index (χ0) is 66.8. The summed E-state index contributed by atoms with van der Waals surface area (Å²) in [5, 5.41) is 91.6. The summed E-state index contributed by atoms with van der Waals surface area (Å²) in [6, 6.07) is 17.5. The van der Waals surface area contributed by atoms with Gasteiger partial charge in [0.2, 0.25) is 35.4 Å². The summed E-state index contributed by atoms with van der Waals surface area (Å²) in [6.07, 6.45) is -9.51. The molecule has 0 bridgehead atoms. The summed E-state index contributed by atoms with van der Waals surface area (Å²) in [7, 11) is 0. The van der Waals surface area contributed by atoms with Crippen LogP contribution in [0.2, 0.25) is 0 Å².